The number of hydrogen-bond acceptors (Lipinski definition) is 0. The number of hydrogen-bond donors (Lipinski definition) is 0. The van der Waals surface area contributed by atoms with Crippen LogP contribution in [0.2, 0.25) is 0 Å². The van der Waals surface area contributed by atoms with Crippen LogP contribution in [0.15, 0.2) is 60.7 Å². The third-order valence-electron chi connectivity index (χ3n) is 4.60. The monoisotopic (exact) mass is 508 g/mol. The topological polar surface area (TPSA) is 0 Å². The zero-order chi connectivity index (χ0) is 13.4. The predicted octanol–water partition coefficient (Wildman–Crippen LogP) is -0.607. The first kappa shape index (κ1) is 20.4. The molecule has 3 heteroatoms. The van der Waals surface area contributed by atoms with Gasteiger partial charge in [-0.25, -0.2) is 0 Å². The molecule has 2 unspecified atom stereocenters. The molecule has 2 atom stereocenters. The fraction of sp³-hybridized carbons (Fsp3) is 0.200. The third kappa shape index (κ3) is 4.07. The van der Waals surface area contributed by atoms with Crippen molar-refractivity contribution in [2.75, 3.05) is 0 Å². The van der Waals surface area contributed by atoms with Gasteiger partial charge in [-0.2, -0.15) is 0 Å². The molecule has 2 aromatic carbocycles. The van der Waals surface area contributed by atoms with Crippen LogP contribution >= 0.6 is 0 Å². The molecule has 0 saturated carbocycles. The minimum absolute atomic E-state index is 0. The van der Waals surface area contributed by atoms with Crippen molar-refractivity contribution in [2.24, 2.45) is 0 Å². The Morgan fingerprint density at radius 2 is 1.00 bits per heavy atom. The van der Waals surface area contributed by atoms with Crippen LogP contribution in [-0.4, -0.2) is 0 Å². The number of halogens is 2. The molecular formula is C20H18Cl2Hf-2. The first-order valence-corrected chi connectivity index (χ1v) is 7.46. The van der Waals surface area contributed by atoms with Crippen molar-refractivity contribution in [3.63, 3.8) is 0 Å². The maximum atomic E-state index is 2.37. The van der Waals surface area contributed by atoms with E-state index in [4.69, 9.17) is 0 Å². The van der Waals surface area contributed by atoms with Crippen LogP contribution in [0.5, 0.6) is 0 Å². The van der Waals surface area contributed by atoms with E-state index in [-0.39, 0.29) is 50.7 Å². The van der Waals surface area contributed by atoms with Gasteiger partial charge in [0.15, 0.2) is 0 Å². The van der Waals surface area contributed by atoms with E-state index in [1.54, 1.807) is 0 Å². The summed E-state index contributed by atoms with van der Waals surface area (Å²) in [5, 5.41) is 0. The van der Waals surface area contributed by atoms with Crippen molar-refractivity contribution < 1.29 is 50.7 Å². The smallest absolute Gasteiger partial charge is 0.00275 e. The fourth-order valence-electron chi connectivity index (χ4n) is 3.51. The normalized spacial score (nSPS) is 19.1. The Morgan fingerprint density at radius 3 is 1.43 bits per heavy atom. The van der Waals surface area contributed by atoms with E-state index in [1.807, 2.05) is 0 Å². The van der Waals surface area contributed by atoms with Gasteiger partial charge in [-0.15, -0.1) is 0 Å². The van der Waals surface area contributed by atoms with E-state index < -0.39 is 0 Å². The molecule has 2 aliphatic rings. The van der Waals surface area contributed by atoms with Gasteiger partial charge in [0.2, 0.25) is 0 Å². The van der Waals surface area contributed by atoms with Crippen LogP contribution in [0.4, 0.5) is 0 Å². The molecule has 0 amide bonds. The number of allylic oxidation sites excluding steroid dienone is 2. The second-order valence-electron chi connectivity index (χ2n) is 5.77. The van der Waals surface area contributed by atoms with Crippen LogP contribution in [0.1, 0.15) is 46.9 Å². The Balaban J connectivity index is 0.000000882. The molecule has 0 heterocycles. The molecule has 23 heavy (non-hydrogen) atoms. The summed E-state index contributed by atoms with van der Waals surface area (Å²) >= 11 is 0. The average molecular weight is 508 g/mol. The quantitative estimate of drug-likeness (QED) is 0.487. The SMILES string of the molecule is C1=CC(CCC2C=Cc3ccccc32)c2ccccc21.[Cl-].[Cl-].[Hf]. The fourth-order valence-corrected chi connectivity index (χ4v) is 3.51. The molecular weight excluding hydrogens is 490 g/mol. The van der Waals surface area contributed by atoms with Gasteiger partial charge in [0.1, 0.15) is 0 Å². The van der Waals surface area contributed by atoms with Gasteiger partial charge in [0.25, 0.3) is 0 Å². The zero-order valence-electron chi connectivity index (χ0n) is 12.8. The first-order valence-electron chi connectivity index (χ1n) is 7.46. The predicted molar refractivity (Wildman–Crippen MR) is 85.7 cm³/mol. The van der Waals surface area contributed by atoms with Crippen molar-refractivity contribution in [3.8, 4) is 0 Å². The molecule has 2 aliphatic carbocycles. The van der Waals surface area contributed by atoms with Crippen molar-refractivity contribution in [1.29, 1.82) is 0 Å². The van der Waals surface area contributed by atoms with E-state index >= 15 is 0 Å². The molecule has 0 aromatic heterocycles. The Kier molecular flexibility index (Phi) is 8.00. The zero-order valence-corrected chi connectivity index (χ0v) is 17.9. The summed E-state index contributed by atoms with van der Waals surface area (Å²) in [6, 6.07) is 17.6. The van der Waals surface area contributed by atoms with Crippen molar-refractivity contribution in [1.82, 2.24) is 0 Å². The molecule has 0 saturated heterocycles. The van der Waals surface area contributed by atoms with Gasteiger partial charge < -0.3 is 24.8 Å². The maximum absolute atomic E-state index is 2.37. The van der Waals surface area contributed by atoms with Crippen LogP contribution in [0.3, 0.4) is 0 Å². The third-order valence-corrected chi connectivity index (χ3v) is 4.60. The van der Waals surface area contributed by atoms with E-state index in [0.717, 1.165) is 0 Å². The van der Waals surface area contributed by atoms with E-state index in [9.17, 15) is 0 Å². The van der Waals surface area contributed by atoms with Gasteiger partial charge in [0, 0.05) is 37.7 Å². The molecule has 0 nitrogen and oxygen atoms in total. The van der Waals surface area contributed by atoms with Crippen molar-refractivity contribution in [3.05, 3.63) is 82.9 Å². The van der Waals surface area contributed by atoms with Crippen molar-refractivity contribution in [2.45, 2.75) is 24.7 Å². The summed E-state index contributed by atoms with van der Waals surface area (Å²) < 4.78 is 0. The molecule has 0 aliphatic heterocycles. The molecule has 0 bridgehead atoms. The Hall–Kier alpha value is -0.630. The largest absolute Gasteiger partial charge is 1.00 e. The molecule has 0 fully saturated rings. The van der Waals surface area contributed by atoms with Gasteiger partial charge in [-0.3, -0.25) is 0 Å². The van der Waals surface area contributed by atoms with Crippen LogP contribution in [0, 0.1) is 0 Å². The van der Waals surface area contributed by atoms with E-state index in [2.05, 4.69) is 72.8 Å². The van der Waals surface area contributed by atoms with Gasteiger partial charge in [0.05, 0.1) is 0 Å². The minimum Gasteiger partial charge on any atom is -1.00 e. The standard InChI is InChI=1S/C20H18.2ClH.Hf/c1-3-7-19-15(5-1)9-11-17(19)13-14-18-12-10-16-6-2-4-8-20(16)18;;;/h1-12,17-18H,13-14H2;2*1H;/p-2. The summed E-state index contributed by atoms with van der Waals surface area (Å²) in [7, 11) is 0. The Morgan fingerprint density at radius 1 is 0.609 bits per heavy atom. The molecule has 0 spiro atoms. The van der Waals surface area contributed by atoms with Gasteiger partial charge >= 0.3 is 0 Å². The second-order valence-corrected chi connectivity index (χ2v) is 5.77. The Bertz CT molecular complexity index is 645. The molecule has 0 N–H and O–H groups in total. The van der Waals surface area contributed by atoms with E-state index in [0.29, 0.717) is 11.8 Å². The van der Waals surface area contributed by atoms with Crippen LogP contribution < -0.4 is 24.8 Å². The molecule has 0 radical (unpaired) electrons. The summed E-state index contributed by atoms with van der Waals surface area (Å²) in [4.78, 5) is 0. The first-order chi connectivity index (χ1) is 9.92. The maximum Gasteiger partial charge on any atom is 0.00275 e. The second kappa shape index (κ2) is 9.01. The summed E-state index contributed by atoms with van der Waals surface area (Å²) in [5.41, 5.74) is 5.81. The number of fused-ring (bicyclic) bond motifs is 2. The summed E-state index contributed by atoms with van der Waals surface area (Å²) in [6.45, 7) is 0. The van der Waals surface area contributed by atoms with Crippen LogP contribution in [-0.2, 0) is 25.8 Å². The number of benzene rings is 2. The molecule has 4 rings (SSSR count). The summed E-state index contributed by atoms with van der Waals surface area (Å²) in [6.07, 6.45) is 11.8. The Labute approximate surface area is 169 Å². The molecule has 118 valence electrons. The minimum atomic E-state index is 0. The van der Waals surface area contributed by atoms with Crippen molar-refractivity contribution >= 4 is 12.2 Å². The van der Waals surface area contributed by atoms with E-state index in [1.165, 1.54) is 35.1 Å². The van der Waals surface area contributed by atoms with Gasteiger partial charge in [-0.1, -0.05) is 72.8 Å². The summed E-state index contributed by atoms with van der Waals surface area (Å²) in [5.74, 6) is 1.21. The number of rotatable bonds is 3. The molecule has 2 aromatic rings. The average Bonchev–Trinajstić information content (AvgIpc) is 3.09. The van der Waals surface area contributed by atoms with Gasteiger partial charge in [-0.05, 0) is 35.1 Å². The van der Waals surface area contributed by atoms with Crippen LogP contribution in [0.25, 0.3) is 12.2 Å².